The van der Waals surface area contributed by atoms with E-state index in [1.807, 2.05) is 5.38 Å². The van der Waals surface area contributed by atoms with Crippen molar-refractivity contribution in [3.8, 4) is 0 Å². The van der Waals surface area contributed by atoms with Gasteiger partial charge in [0, 0.05) is 11.9 Å². The summed E-state index contributed by atoms with van der Waals surface area (Å²) in [5.41, 5.74) is 1.32. The smallest absolute Gasteiger partial charge is 0.246 e. The third-order valence-corrected chi connectivity index (χ3v) is 6.07. The van der Waals surface area contributed by atoms with Crippen LogP contribution in [0.1, 0.15) is 36.0 Å². The first-order chi connectivity index (χ1) is 10.9. The number of aromatic nitrogens is 2. The topological polar surface area (TPSA) is 88.3 Å². The minimum atomic E-state index is -3.65. The van der Waals surface area contributed by atoms with Crippen LogP contribution in [0.3, 0.4) is 0 Å². The molecule has 1 N–H and O–H groups in total. The van der Waals surface area contributed by atoms with Crippen molar-refractivity contribution in [2.75, 3.05) is 13.1 Å². The number of hydrogen-bond donors (Lipinski definition) is 1. The molecule has 0 saturated carbocycles. The molecule has 0 atom stereocenters. The predicted molar refractivity (Wildman–Crippen MR) is 88.7 cm³/mol. The van der Waals surface area contributed by atoms with Crippen LogP contribution in [0.4, 0.5) is 0 Å². The molecule has 9 heteroatoms. The molecule has 2 heterocycles. The summed E-state index contributed by atoms with van der Waals surface area (Å²) in [6.07, 6.45) is 0. The summed E-state index contributed by atoms with van der Waals surface area (Å²) in [5, 5.41) is 6.39. The molecular weight excluding hydrogens is 336 g/mol. The van der Waals surface area contributed by atoms with Crippen LogP contribution in [-0.4, -0.2) is 36.5 Å². The van der Waals surface area contributed by atoms with Crippen LogP contribution in [0.5, 0.6) is 0 Å². The fourth-order valence-corrected chi connectivity index (χ4v) is 4.40. The maximum atomic E-state index is 12.3. The summed E-state index contributed by atoms with van der Waals surface area (Å²) in [6, 6.07) is 0. The van der Waals surface area contributed by atoms with E-state index in [0.29, 0.717) is 5.69 Å². The number of sulfonamides is 1. The number of rotatable bonds is 8. The molecule has 2 aromatic heterocycles. The van der Waals surface area contributed by atoms with Crippen molar-refractivity contribution >= 4 is 21.4 Å². The molecule has 0 aliphatic heterocycles. The van der Waals surface area contributed by atoms with Gasteiger partial charge < -0.3 is 4.52 Å². The zero-order valence-electron chi connectivity index (χ0n) is 13.8. The van der Waals surface area contributed by atoms with Gasteiger partial charge in [-0.05, 0) is 26.9 Å². The quantitative estimate of drug-likeness (QED) is 0.777. The molecule has 0 spiro atoms. The van der Waals surface area contributed by atoms with Crippen LogP contribution in [0.25, 0.3) is 0 Å². The Bertz CT molecular complexity index is 728. The van der Waals surface area contributed by atoms with E-state index in [2.05, 4.69) is 33.6 Å². The van der Waals surface area contributed by atoms with E-state index in [1.54, 1.807) is 13.8 Å². The first-order valence-electron chi connectivity index (χ1n) is 7.45. The van der Waals surface area contributed by atoms with Crippen molar-refractivity contribution in [1.29, 1.82) is 0 Å². The van der Waals surface area contributed by atoms with Gasteiger partial charge in [-0.25, -0.2) is 18.1 Å². The number of nitrogens with zero attached hydrogens (tertiary/aromatic N) is 3. The highest BCUT2D eigenvalue weighted by atomic mass is 32.2. The van der Waals surface area contributed by atoms with Crippen molar-refractivity contribution < 1.29 is 12.9 Å². The van der Waals surface area contributed by atoms with Crippen molar-refractivity contribution in [1.82, 2.24) is 19.8 Å². The summed E-state index contributed by atoms with van der Waals surface area (Å²) < 4.78 is 32.2. The van der Waals surface area contributed by atoms with Crippen molar-refractivity contribution in [2.24, 2.45) is 0 Å². The molecule has 0 fully saturated rings. The second-order valence-corrected chi connectivity index (χ2v) is 7.82. The SMILES string of the molecule is CCN(CC)Cc1csc(CNS(=O)(=O)c2c(C)noc2C)n1. The summed E-state index contributed by atoms with van der Waals surface area (Å²) in [7, 11) is -3.65. The largest absolute Gasteiger partial charge is 0.360 e. The van der Waals surface area contributed by atoms with E-state index >= 15 is 0 Å². The van der Waals surface area contributed by atoms with Gasteiger partial charge in [0.15, 0.2) is 5.76 Å². The third kappa shape index (κ3) is 4.37. The van der Waals surface area contributed by atoms with Gasteiger partial charge in [-0.3, -0.25) is 4.90 Å². The Kier molecular flexibility index (Phi) is 5.90. The Balaban J connectivity index is 2.03. The Morgan fingerprint density at radius 3 is 2.57 bits per heavy atom. The van der Waals surface area contributed by atoms with Gasteiger partial charge in [0.05, 0.1) is 12.2 Å². The second kappa shape index (κ2) is 7.52. The molecule has 23 heavy (non-hydrogen) atoms. The number of hydrogen-bond acceptors (Lipinski definition) is 7. The third-order valence-electron chi connectivity index (χ3n) is 3.53. The van der Waals surface area contributed by atoms with Crippen molar-refractivity contribution in [2.45, 2.75) is 45.7 Å². The van der Waals surface area contributed by atoms with Gasteiger partial charge in [-0.2, -0.15) is 0 Å². The molecule has 0 aliphatic rings. The summed E-state index contributed by atoms with van der Waals surface area (Å²) in [6.45, 7) is 10.3. The molecule has 0 unspecified atom stereocenters. The molecule has 0 radical (unpaired) electrons. The van der Waals surface area contributed by atoms with Crippen LogP contribution in [0.15, 0.2) is 14.8 Å². The highest BCUT2D eigenvalue weighted by molar-refractivity contribution is 7.89. The van der Waals surface area contributed by atoms with Crippen LogP contribution in [0, 0.1) is 13.8 Å². The molecule has 0 bridgehead atoms. The van der Waals surface area contributed by atoms with Gasteiger partial charge >= 0.3 is 0 Å². The Hall–Kier alpha value is -1.29. The monoisotopic (exact) mass is 358 g/mol. The standard InChI is InChI=1S/C14H22N4O3S2/c1-5-18(6-2)8-12-9-22-13(16-12)7-15-23(19,20)14-10(3)17-21-11(14)4/h9,15H,5-8H2,1-4H3. The van der Waals surface area contributed by atoms with Crippen LogP contribution < -0.4 is 4.72 Å². The normalized spacial score (nSPS) is 12.2. The summed E-state index contributed by atoms with van der Waals surface area (Å²) >= 11 is 1.46. The van der Waals surface area contributed by atoms with Crippen molar-refractivity contribution in [3.63, 3.8) is 0 Å². The highest BCUT2D eigenvalue weighted by Gasteiger charge is 2.24. The number of thiazole rings is 1. The van der Waals surface area contributed by atoms with E-state index in [9.17, 15) is 8.42 Å². The fraction of sp³-hybridized carbons (Fsp3) is 0.571. The summed E-state index contributed by atoms with van der Waals surface area (Å²) in [4.78, 5) is 6.85. The zero-order valence-corrected chi connectivity index (χ0v) is 15.4. The zero-order chi connectivity index (χ0) is 17.0. The molecule has 2 rings (SSSR count). The van der Waals surface area contributed by atoms with E-state index in [1.165, 1.54) is 11.3 Å². The van der Waals surface area contributed by atoms with Crippen LogP contribution in [-0.2, 0) is 23.1 Å². The van der Waals surface area contributed by atoms with E-state index < -0.39 is 10.0 Å². The van der Waals surface area contributed by atoms with Gasteiger partial charge in [0.25, 0.3) is 0 Å². The molecule has 0 aliphatic carbocycles. The maximum absolute atomic E-state index is 12.3. The second-order valence-electron chi connectivity index (χ2n) is 5.17. The highest BCUT2D eigenvalue weighted by Crippen LogP contribution is 2.19. The molecule has 0 saturated heterocycles. The number of nitrogens with one attached hydrogen (secondary N) is 1. The molecule has 0 amide bonds. The van der Waals surface area contributed by atoms with Gasteiger partial charge in [-0.1, -0.05) is 19.0 Å². The van der Waals surface area contributed by atoms with Crippen molar-refractivity contribution in [3.05, 3.63) is 27.5 Å². The minimum absolute atomic E-state index is 0.109. The first-order valence-corrected chi connectivity index (χ1v) is 9.81. The van der Waals surface area contributed by atoms with E-state index in [4.69, 9.17) is 4.52 Å². The lowest BCUT2D eigenvalue weighted by atomic mass is 10.4. The maximum Gasteiger partial charge on any atom is 0.246 e. The molecule has 7 nitrogen and oxygen atoms in total. The minimum Gasteiger partial charge on any atom is -0.360 e. The lowest BCUT2D eigenvalue weighted by molar-refractivity contribution is 0.292. The molecule has 2 aromatic rings. The fourth-order valence-electron chi connectivity index (χ4n) is 2.27. The molecule has 0 aromatic carbocycles. The summed E-state index contributed by atoms with van der Waals surface area (Å²) in [5.74, 6) is 0.288. The molecule has 128 valence electrons. The number of aryl methyl sites for hydroxylation is 2. The van der Waals surface area contributed by atoms with E-state index in [0.717, 1.165) is 30.3 Å². The van der Waals surface area contributed by atoms with Crippen LogP contribution in [0.2, 0.25) is 0 Å². The average molecular weight is 358 g/mol. The van der Waals surface area contributed by atoms with Gasteiger partial charge in [-0.15, -0.1) is 11.3 Å². The van der Waals surface area contributed by atoms with Gasteiger partial charge in [0.1, 0.15) is 15.6 Å². The Morgan fingerprint density at radius 2 is 2.00 bits per heavy atom. The van der Waals surface area contributed by atoms with Crippen LogP contribution >= 0.6 is 11.3 Å². The Labute approximate surface area is 140 Å². The van der Waals surface area contributed by atoms with E-state index in [-0.39, 0.29) is 17.2 Å². The predicted octanol–water partition coefficient (Wildman–Crippen LogP) is 2.07. The molecular formula is C14H22N4O3S2. The Morgan fingerprint density at radius 1 is 1.30 bits per heavy atom. The first kappa shape index (κ1) is 18.1. The average Bonchev–Trinajstić information content (AvgIpc) is 3.09. The lowest BCUT2D eigenvalue weighted by Gasteiger charge is -2.15. The lowest BCUT2D eigenvalue weighted by Crippen LogP contribution is -2.24. The van der Waals surface area contributed by atoms with Gasteiger partial charge in [0.2, 0.25) is 10.0 Å².